The molecule has 1 aromatic heterocycles. The molecule has 0 radical (unpaired) electrons. The fraction of sp³-hybridized carbons (Fsp3) is 0.259. The summed E-state index contributed by atoms with van der Waals surface area (Å²) in [5.41, 5.74) is 3.85. The number of fused-ring (bicyclic) bond motifs is 1. The number of ether oxygens (including phenoxy) is 1. The molecule has 166 valence electrons. The zero-order chi connectivity index (χ0) is 22.9. The third-order valence-corrected chi connectivity index (χ3v) is 13.9. The van der Waals surface area contributed by atoms with Gasteiger partial charge in [0, 0.05) is 15.3 Å². The predicted octanol–water partition coefficient (Wildman–Crippen LogP) is 8.62. The molecule has 0 amide bonds. The normalized spacial score (nSPS) is 12.2. The second-order valence-electron chi connectivity index (χ2n) is 10.3. The second-order valence-corrected chi connectivity index (χ2v) is 21.4. The molecule has 0 aliphatic rings. The maximum Gasteiger partial charge on any atom is 0.138 e. The SMILES string of the molecule is C[Si](C)(C)N(c1ccc(-c2cc3ccc(OCc4ccccc4)cc3s2)cc1)[Si](C)(C)C. The van der Waals surface area contributed by atoms with Crippen molar-refractivity contribution in [3.63, 3.8) is 0 Å². The highest BCUT2D eigenvalue weighted by atomic mass is 32.1. The van der Waals surface area contributed by atoms with Crippen LogP contribution in [-0.2, 0) is 6.61 Å². The van der Waals surface area contributed by atoms with E-state index in [1.165, 1.54) is 31.8 Å². The molecule has 0 saturated heterocycles. The minimum absolute atomic E-state index is 0.594. The lowest BCUT2D eigenvalue weighted by molar-refractivity contribution is 0.306. The van der Waals surface area contributed by atoms with Crippen molar-refractivity contribution in [2.45, 2.75) is 45.9 Å². The van der Waals surface area contributed by atoms with Crippen LogP contribution in [0, 0.1) is 0 Å². The molecule has 0 spiro atoms. The van der Waals surface area contributed by atoms with E-state index in [0.29, 0.717) is 6.61 Å². The van der Waals surface area contributed by atoms with Gasteiger partial charge < -0.3 is 8.97 Å². The summed E-state index contributed by atoms with van der Waals surface area (Å²) in [5, 5.41) is 1.27. The lowest BCUT2D eigenvalue weighted by atomic mass is 10.1. The van der Waals surface area contributed by atoms with Crippen molar-refractivity contribution >= 4 is 43.6 Å². The van der Waals surface area contributed by atoms with E-state index < -0.39 is 16.5 Å². The van der Waals surface area contributed by atoms with Crippen molar-refractivity contribution < 1.29 is 4.74 Å². The topological polar surface area (TPSA) is 12.5 Å². The molecule has 1 heterocycles. The van der Waals surface area contributed by atoms with Gasteiger partial charge in [-0.15, -0.1) is 11.3 Å². The van der Waals surface area contributed by atoms with Crippen LogP contribution in [0.4, 0.5) is 5.69 Å². The molecule has 4 aromatic rings. The van der Waals surface area contributed by atoms with Gasteiger partial charge >= 0.3 is 0 Å². The van der Waals surface area contributed by atoms with Gasteiger partial charge in [-0.2, -0.15) is 0 Å². The quantitative estimate of drug-likeness (QED) is 0.248. The van der Waals surface area contributed by atoms with Crippen LogP contribution in [0.2, 0.25) is 39.3 Å². The standard InChI is InChI=1S/C27H33NOSSi2/c1-31(2,3)28(32(4,5)6)24-15-12-22(13-16-24)26-18-23-14-17-25(19-27(23)30-26)29-20-21-10-8-7-9-11-21/h7-19H,20H2,1-6H3. The minimum atomic E-state index is -1.44. The maximum absolute atomic E-state index is 6.03. The van der Waals surface area contributed by atoms with E-state index in [1.54, 1.807) is 0 Å². The summed E-state index contributed by atoms with van der Waals surface area (Å²) in [5.74, 6) is 0.922. The Morgan fingerprint density at radius 3 is 2.03 bits per heavy atom. The van der Waals surface area contributed by atoms with Crippen LogP contribution < -0.4 is 8.97 Å². The summed E-state index contributed by atoms with van der Waals surface area (Å²) in [7, 11) is -2.88. The van der Waals surface area contributed by atoms with Crippen molar-refractivity contribution in [3.05, 3.63) is 84.4 Å². The minimum Gasteiger partial charge on any atom is -0.489 e. The molecular weight excluding hydrogens is 443 g/mol. The highest BCUT2D eigenvalue weighted by Gasteiger charge is 2.34. The Kier molecular flexibility index (Phi) is 6.34. The monoisotopic (exact) mass is 475 g/mol. The average Bonchev–Trinajstić information content (AvgIpc) is 3.15. The Labute approximate surface area is 198 Å². The fourth-order valence-electron chi connectivity index (χ4n) is 4.54. The van der Waals surface area contributed by atoms with Gasteiger partial charge in [-0.1, -0.05) is 81.7 Å². The van der Waals surface area contributed by atoms with E-state index in [9.17, 15) is 0 Å². The van der Waals surface area contributed by atoms with Gasteiger partial charge in [0.15, 0.2) is 0 Å². The summed E-state index contributed by atoms with van der Waals surface area (Å²) >= 11 is 1.84. The number of rotatable bonds is 7. The molecular formula is C27H33NOSSi2. The van der Waals surface area contributed by atoms with Crippen LogP contribution in [0.1, 0.15) is 5.56 Å². The lowest BCUT2D eigenvalue weighted by Gasteiger charge is -2.46. The smallest absolute Gasteiger partial charge is 0.138 e. The van der Waals surface area contributed by atoms with Crippen LogP contribution in [-0.4, -0.2) is 16.5 Å². The Morgan fingerprint density at radius 1 is 0.750 bits per heavy atom. The number of thiophene rings is 1. The molecule has 0 bridgehead atoms. The summed E-state index contributed by atoms with van der Waals surface area (Å²) in [6.45, 7) is 15.3. The Balaban J connectivity index is 1.56. The zero-order valence-electron chi connectivity index (χ0n) is 20.0. The van der Waals surface area contributed by atoms with Crippen LogP contribution in [0.3, 0.4) is 0 Å². The first-order chi connectivity index (χ1) is 15.1. The Morgan fingerprint density at radius 2 is 1.41 bits per heavy atom. The lowest BCUT2D eigenvalue weighted by Crippen LogP contribution is -2.59. The van der Waals surface area contributed by atoms with Crippen LogP contribution in [0.15, 0.2) is 78.9 Å². The Hall–Kier alpha value is -2.35. The largest absolute Gasteiger partial charge is 0.489 e. The van der Waals surface area contributed by atoms with Crippen LogP contribution >= 0.6 is 11.3 Å². The number of hydrogen-bond donors (Lipinski definition) is 0. The molecule has 0 aliphatic heterocycles. The van der Waals surface area contributed by atoms with E-state index in [4.69, 9.17) is 4.74 Å². The first-order valence-corrected chi connectivity index (χ1v) is 18.9. The molecule has 0 N–H and O–H groups in total. The summed E-state index contributed by atoms with van der Waals surface area (Å²) in [6, 6.07) is 28.2. The first-order valence-electron chi connectivity index (χ1n) is 11.2. The molecule has 5 heteroatoms. The second kappa shape index (κ2) is 8.89. The van der Waals surface area contributed by atoms with Crippen LogP contribution in [0.25, 0.3) is 20.5 Å². The summed E-state index contributed by atoms with van der Waals surface area (Å²) in [4.78, 5) is 1.30. The Bertz CT molecular complexity index is 1170. The van der Waals surface area contributed by atoms with Crippen molar-refractivity contribution in [3.8, 4) is 16.2 Å². The van der Waals surface area contributed by atoms with E-state index >= 15 is 0 Å². The van der Waals surface area contributed by atoms with Gasteiger partial charge in [-0.3, -0.25) is 0 Å². The predicted molar refractivity (Wildman–Crippen MR) is 147 cm³/mol. The van der Waals surface area contributed by atoms with Gasteiger partial charge in [-0.05, 0) is 52.9 Å². The molecule has 0 fully saturated rings. The molecule has 4 rings (SSSR count). The third-order valence-electron chi connectivity index (χ3n) is 5.49. The van der Waals surface area contributed by atoms with Gasteiger partial charge in [0.2, 0.25) is 0 Å². The van der Waals surface area contributed by atoms with Crippen molar-refractivity contribution in [2.75, 3.05) is 4.23 Å². The fourth-order valence-corrected chi connectivity index (χ4v) is 15.5. The van der Waals surface area contributed by atoms with E-state index in [1.807, 2.05) is 29.5 Å². The molecule has 0 atom stereocenters. The highest BCUT2D eigenvalue weighted by Crippen LogP contribution is 2.37. The molecule has 0 saturated carbocycles. The maximum atomic E-state index is 6.03. The first kappa shape index (κ1) is 22.8. The molecule has 0 aliphatic carbocycles. The van der Waals surface area contributed by atoms with E-state index in [0.717, 1.165) is 5.75 Å². The van der Waals surface area contributed by atoms with Gasteiger partial charge in [0.1, 0.15) is 28.8 Å². The third kappa shape index (κ3) is 5.17. The van der Waals surface area contributed by atoms with Crippen molar-refractivity contribution in [2.24, 2.45) is 0 Å². The van der Waals surface area contributed by atoms with E-state index in [-0.39, 0.29) is 0 Å². The zero-order valence-corrected chi connectivity index (χ0v) is 22.8. The highest BCUT2D eigenvalue weighted by molar-refractivity contribution is 7.22. The molecule has 2 nitrogen and oxygen atoms in total. The molecule has 32 heavy (non-hydrogen) atoms. The number of hydrogen-bond acceptors (Lipinski definition) is 3. The van der Waals surface area contributed by atoms with E-state index in [2.05, 4.69) is 104 Å². The van der Waals surface area contributed by atoms with Crippen molar-refractivity contribution in [1.29, 1.82) is 0 Å². The van der Waals surface area contributed by atoms with Crippen molar-refractivity contribution in [1.82, 2.24) is 0 Å². The van der Waals surface area contributed by atoms with Gasteiger partial charge in [0.05, 0.1) is 0 Å². The number of anilines is 1. The number of nitrogens with zero attached hydrogens (tertiary/aromatic N) is 1. The molecule has 0 unspecified atom stereocenters. The van der Waals surface area contributed by atoms with Gasteiger partial charge in [-0.25, -0.2) is 0 Å². The molecule has 3 aromatic carbocycles. The summed E-state index contributed by atoms with van der Waals surface area (Å²) < 4.78 is 10.1. The van der Waals surface area contributed by atoms with Crippen LogP contribution in [0.5, 0.6) is 5.75 Å². The summed E-state index contributed by atoms with van der Waals surface area (Å²) in [6.07, 6.45) is 0. The van der Waals surface area contributed by atoms with Gasteiger partial charge in [0.25, 0.3) is 0 Å². The number of benzene rings is 3. The average molecular weight is 476 g/mol.